The zero-order valence-corrected chi connectivity index (χ0v) is 21.2. The topological polar surface area (TPSA) is 87.6 Å². The number of aromatic nitrogens is 2. The second-order valence-electron chi connectivity index (χ2n) is 9.86. The standard InChI is InChI=1S/C26H29F3N4O3/c1-13(15-9-8-10-18(21(15)27)26(28,29)24(3,4)35)30-22-17-12-20-19(11-16(17)14(2)31-32-22)25(5,36-7)23(34)33(20)6/h8-13,35H,1-7H3,(H,30,32)/t13-,25?/m1/s1. The molecule has 192 valence electrons. The summed E-state index contributed by atoms with van der Waals surface area (Å²) in [6.45, 7) is 6.96. The fraction of sp³-hybridized carbons (Fsp3) is 0.423. The van der Waals surface area contributed by atoms with Crippen LogP contribution in [0.15, 0.2) is 30.3 Å². The number of methoxy groups -OCH3 is 1. The zero-order valence-electron chi connectivity index (χ0n) is 21.2. The molecule has 0 radical (unpaired) electrons. The average molecular weight is 503 g/mol. The van der Waals surface area contributed by atoms with Crippen LogP contribution >= 0.6 is 0 Å². The highest BCUT2D eigenvalue weighted by molar-refractivity contribution is 6.10. The quantitative estimate of drug-likeness (QED) is 0.496. The molecule has 0 fully saturated rings. The first-order chi connectivity index (χ1) is 16.6. The van der Waals surface area contributed by atoms with Crippen molar-refractivity contribution in [1.29, 1.82) is 0 Å². The zero-order chi connectivity index (χ0) is 26.8. The van der Waals surface area contributed by atoms with Crippen LogP contribution < -0.4 is 10.2 Å². The number of hydrogen-bond donors (Lipinski definition) is 2. The number of fused-ring (bicyclic) bond motifs is 2. The summed E-state index contributed by atoms with van der Waals surface area (Å²) in [5, 5.41) is 22.8. The Balaban J connectivity index is 1.79. The number of ether oxygens (including phenoxy) is 1. The van der Waals surface area contributed by atoms with Crippen LogP contribution in [0.1, 0.15) is 56.1 Å². The molecular formula is C26H29F3N4O3. The van der Waals surface area contributed by atoms with Gasteiger partial charge in [-0.1, -0.05) is 12.1 Å². The summed E-state index contributed by atoms with van der Waals surface area (Å²) in [5.41, 5.74) is -2.58. The molecule has 2 heterocycles. The van der Waals surface area contributed by atoms with Gasteiger partial charge in [0.25, 0.3) is 5.91 Å². The minimum absolute atomic E-state index is 0.0210. The fourth-order valence-electron chi connectivity index (χ4n) is 4.56. The Kier molecular flexibility index (Phi) is 6.04. The number of alkyl halides is 2. The summed E-state index contributed by atoms with van der Waals surface area (Å²) >= 11 is 0. The van der Waals surface area contributed by atoms with Gasteiger partial charge >= 0.3 is 5.92 Å². The summed E-state index contributed by atoms with van der Waals surface area (Å²) < 4.78 is 50.4. The van der Waals surface area contributed by atoms with Gasteiger partial charge < -0.3 is 20.1 Å². The van der Waals surface area contributed by atoms with Crippen molar-refractivity contribution in [1.82, 2.24) is 10.2 Å². The van der Waals surface area contributed by atoms with E-state index in [0.29, 0.717) is 33.5 Å². The average Bonchev–Trinajstić information content (AvgIpc) is 3.00. The number of rotatable bonds is 6. The Bertz CT molecular complexity index is 1370. The third-order valence-electron chi connectivity index (χ3n) is 7.03. The third kappa shape index (κ3) is 3.70. The van der Waals surface area contributed by atoms with Gasteiger partial charge in [-0.25, -0.2) is 4.39 Å². The predicted octanol–water partition coefficient (Wildman–Crippen LogP) is 4.95. The lowest BCUT2D eigenvalue weighted by Gasteiger charge is -2.30. The van der Waals surface area contributed by atoms with Crippen molar-refractivity contribution >= 4 is 28.2 Å². The fourth-order valence-corrected chi connectivity index (χ4v) is 4.56. The van der Waals surface area contributed by atoms with Gasteiger partial charge in [-0.2, -0.15) is 13.9 Å². The lowest BCUT2D eigenvalue weighted by Crippen LogP contribution is -2.41. The maximum atomic E-state index is 15.3. The van der Waals surface area contributed by atoms with E-state index in [1.807, 2.05) is 6.07 Å². The van der Waals surface area contributed by atoms with E-state index in [4.69, 9.17) is 4.74 Å². The number of nitrogens with one attached hydrogen (secondary N) is 1. The summed E-state index contributed by atoms with van der Waals surface area (Å²) in [4.78, 5) is 14.4. The third-order valence-corrected chi connectivity index (χ3v) is 7.03. The molecule has 2 atom stereocenters. The highest BCUT2D eigenvalue weighted by Gasteiger charge is 2.49. The van der Waals surface area contributed by atoms with Crippen LogP contribution in [0.25, 0.3) is 10.8 Å². The van der Waals surface area contributed by atoms with Gasteiger partial charge in [0.05, 0.1) is 23.0 Å². The number of carbonyl (C=O) groups is 1. The highest BCUT2D eigenvalue weighted by atomic mass is 19.3. The van der Waals surface area contributed by atoms with Crippen LogP contribution in [0.4, 0.5) is 24.7 Å². The van der Waals surface area contributed by atoms with E-state index in [1.54, 1.807) is 33.9 Å². The molecule has 4 rings (SSSR count). The van der Waals surface area contributed by atoms with Crippen molar-refractivity contribution in [3.63, 3.8) is 0 Å². The number of anilines is 2. The Labute approximate surface area is 207 Å². The molecule has 1 amide bonds. The van der Waals surface area contributed by atoms with Gasteiger partial charge in [-0.05, 0) is 52.8 Å². The molecule has 10 heteroatoms. The van der Waals surface area contributed by atoms with E-state index in [0.717, 1.165) is 19.9 Å². The summed E-state index contributed by atoms with van der Waals surface area (Å²) in [5.74, 6) is -4.84. The number of hydrogen-bond acceptors (Lipinski definition) is 6. The van der Waals surface area contributed by atoms with Crippen LogP contribution in [-0.4, -0.2) is 41.0 Å². The Morgan fingerprint density at radius 3 is 2.47 bits per heavy atom. The Hall–Kier alpha value is -3.24. The number of benzene rings is 2. The Morgan fingerprint density at radius 1 is 1.19 bits per heavy atom. The summed E-state index contributed by atoms with van der Waals surface area (Å²) in [6.07, 6.45) is 0. The maximum Gasteiger partial charge on any atom is 0.303 e. The molecule has 7 nitrogen and oxygen atoms in total. The van der Waals surface area contributed by atoms with Crippen molar-refractivity contribution in [2.75, 3.05) is 24.4 Å². The molecule has 0 saturated carbocycles. The van der Waals surface area contributed by atoms with E-state index in [9.17, 15) is 18.7 Å². The molecule has 3 aromatic rings. The van der Waals surface area contributed by atoms with Crippen molar-refractivity contribution in [2.24, 2.45) is 0 Å². The molecule has 1 aliphatic rings. The molecular weight excluding hydrogens is 473 g/mol. The minimum atomic E-state index is -3.81. The lowest BCUT2D eigenvalue weighted by atomic mass is 9.91. The molecule has 1 aliphatic heterocycles. The highest BCUT2D eigenvalue weighted by Crippen LogP contribution is 2.45. The second kappa shape index (κ2) is 8.41. The second-order valence-corrected chi connectivity index (χ2v) is 9.86. The SMILES string of the molecule is COC1(C)C(=O)N(C)c2cc3c(N[C@H](C)c4cccc(C(F)(F)C(C)(C)O)c4F)nnc(C)c3cc21. The lowest BCUT2D eigenvalue weighted by molar-refractivity contribution is -0.170. The summed E-state index contributed by atoms with van der Waals surface area (Å²) in [7, 11) is 3.12. The summed E-state index contributed by atoms with van der Waals surface area (Å²) in [6, 6.07) is 6.53. The van der Waals surface area contributed by atoms with Crippen LogP contribution in [0.5, 0.6) is 0 Å². The van der Waals surface area contributed by atoms with Gasteiger partial charge in [0.2, 0.25) is 0 Å². The van der Waals surface area contributed by atoms with E-state index in [-0.39, 0.29) is 11.5 Å². The molecule has 0 saturated heterocycles. The van der Waals surface area contributed by atoms with Crippen LogP contribution in [0.3, 0.4) is 0 Å². The number of carbonyl (C=O) groups excluding carboxylic acids is 1. The number of amides is 1. The first kappa shape index (κ1) is 25.8. The normalized spacial score (nSPS) is 19.1. The molecule has 0 bridgehead atoms. The number of likely N-dealkylation sites (N-methyl/N-ethyl adjacent to an activating group) is 1. The number of aryl methyl sites for hydroxylation is 1. The van der Waals surface area contributed by atoms with E-state index >= 15 is 4.39 Å². The van der Waals surface area contributed by atoms with E-state index in [2.05, 4.69) is 15.5 Å². The van der Waals surface area contributed by atoms with Crippen molar-refractivity contribution in [3.05, 3.63) is 58.5 Å². The first-order valence-electron chi connectivity index (χ1n) is 11.5. The van der Waals surface area contributed by atoms with Gasteiger partial charge in [0.15, 0.2) is 11.4 Å². The van der Waals surface area contributed by atoms with Crippen molar-refractivity contribution in [2.45, 2.75) is 57.8 Å². The van der Waals surface area contributed by atoms with E-state index < -0.39 is 34.5 Å². The predicted molar refractivity (Wildman–Crippen MR) is 131 cm³/mol. The number of nitrogens with zero attached hydrogens (tertiary/aromatic N) is 3. The molecule has 2 aromatic carbocycles. The van der Waals surface area contributed by atoms with Gasteiger partial charge in [-0.15, -0.1) is 5.10 Å². The molecule has 1 unspecified atom stereocenters. The molecule has 2 N–H and O–H groups in total. The monoisotopic (exact) mass is 502 g/mol. The smallest absolute Gasteiger partial charge is 0.303 e. The molecule has 0 aliphatic carbocycles. The van der Waals surface area contributed by atoms with Gasteiger partial charge in [-0.3, -0.25) is 4.79 Å². The van der Waals surface area contributed by atoms with Gasteiger partial charge in [0.1, 0.15) is 11.4 Å². The van der Waals surface area contributed by atoms with Crippen LogP contribution in [0, 0.1) is 12.7 Å². The number of aliphatic hydroxyl groups is 1. The van der Waals surface area contributed by atoms with Crippen LogP contribution in [-0.2, 0) is 21.1 Å². The maximum absolute atomic E-state index is 15.3. The van der Waals surface area contributed by atoms with Crippen molar-refractivity contribution in [3.8, 4) is 0 Å². The number of halogens is 3. The van der Waals surface area contributed by atoms with Gasteiger partial charge in [0, 0.05) is 36.1 Å². The largest absolute Gasteiger partial charge is 0.384 e. The van der Waals surface area contributed by atoms with Crippen LogP contribution in [0.2, 0.25) is 0 Å². The van der Waals surface area contributed by atoms with Crippen molar-refractivity contribution < 1.29 is 27.8 Å². The molecule has 36 heavy (non-hydrogen) atoms. The minimum Gasteiger partial charge on any atom is -0.384 e. The van der Waals surface area contributed by atoms with E-state index in [1.165, 1.54) is 24.1 Å². The Morgan fingerprint density at radius 2 is 1.86 bits per heavy atom. The molecule has 0 spiro atoms. The first-order valence-corrected chi connectivity index (χ1v) is 11.5. The molecule has 1 aromatic heterocycles.